The van der Waals surface area contributed by atoms with Gasteiger partial charge in [-0.2, -0.15) is 0 Å². The summed E-state index contributed by atoms with van der Waals surface area (Å²) in [6.07, 6.45) is 0.587. The Labute approximate surface area is 118 Å². The van der Waals surface area contributed by atoms with Crippen LogP contribution in [-0.2, 0) is 11.3 Å². The van der Waals surface area contributed by atoms with Crippen molar-refractivity contribution in [3.05, 3.63) is 19.8 Å². The van der Waals surface area contributed by atoms with Gasteiger partial charge < -0.3 is 15.2 Å². The van der Waals surface area contributed by atoms with Crippen LogP contribution in [0, 0.1) is 0 Å². The minimum Gasteiger partial charge on any atom is -0.386 e. The summed E-state index contributed by atoms with van der Waals surface area (Å²) in [6.45, 7) is 3.80. The third-order valence-electron chi connectivity index (χ3n) is 3.09. The van der Waals surface area contributed by atoms with E-state index in [0.717, 1.165) is 13.7 Å². The maximum Gasteiger partial charge on any atom is 0.107 e. The van der Waals surface area contributed by atoms with Crippen molar-refractivity contribution in [1.82, 2.24) is 5.32 Å². The van der Waals surface area contributed by atoms with E-state index in [9.17, 15) is 5.11 Å². The SMILES string of the molecule is CC1OCCC1(O)CNCc1cc(Br)c(Cl)s1. The molecule has 3 nitrogen and oxygen atoms in total. The first-order valence-corrected chi connectivity index (χ1v) is 7.48. The molecule has 1 aliphatic rings. The lowest BCUT2D eigenvalue weighted by molar-refractivity contribution is -0.0262. The molecule has 2 unspecified atom stereocenters. The highest BCUT2D eigenvalue weighted by atomic mass is 79.9. The highest BCUT2D eigenvalue weighted by Crippen LogP contribution is 2.32. The van der Waals surface area contributed by atoms with Crippen LogP contribution in [0.1, 0.15) is 18.2 Å². The normalized spacial score (nSPS) is 28.8. The number of ether oxygens (including phenoxy) is 1. The highest BCUT2D eigenvalue weighted by Gasteiger charge is 2.38. The van der Waals surface area contributed by atoms with Crippen LogP contribution in [0.4, 0.5) is 0 Å². The van der Waals surface area contributed by atoms with Gasteiger partial charge in [0.15, 0.2) is 0 Å². The molecule has 17 heavy (non-hydrogen) atoms. The Morgan fingerprint density at radius 2 is 2.53 bits per heavy atom. The van der Waals surface area contributed by atoms with Crippen molar-refractivity contribution < 1.29 is 9.84 Å². The molecule has 0 amide bonds. The zero-order chi connectivity index (χ0) is 12.5. The van der Waals surface area contributed by atoms with Crippen molar-refractivity contribution in [2.45, 2.75) is 31.6 Å². The Hall–Kier alpha value is 0.350. The molecule has 0 aliphatic carbocycles. The average molecular weight is 341 g/mol. The fourth-order valence-electron chi connectivity index (χ4n) is 1.88. The van der Waals surface area contributed by atoms with Gasteiger partial charge in [-0.1, -0.05) is 11.6 Å². The van der Waals surface area contributed by atoms with Crippen molar-refractivity contribution in [2.75, 3.05) is 13.2 Å². The molecular weight excluding hydrogens is 326 g/mol. The molecule has 96 valence electrons. The standard InChI is InChI=1S/C11H15BrClNO2S/c1-7-11(15,2-3-16-7)6-14-5-8-4-9(12)10(13)17-8/h4,7,14-15H,2-3,5-6H2,1H3. The second-order valence-corrected chi connectivity index (χ2v) is 6.90. The van der Waals surface area contributed by atoms with Crippen molar-refractivity contribution in [2.24, 2.45) is 0 Å². The molecule has 0 aromatic carbocycles. The summed E-state index contributed by atoms with van der Waals surface area (Å²) in [4.78, 5) is 1.15. The fraction of sp³-hybridized carbons (Fsp3) is 0.636. The molecule has 0 bridgehead atoms. The summed E-state index contributed by atoms with van der Waals surface area (Å²) in [7, 11) is 0. The lowest BCUT2D eigenvalue weighted by Crippen LogP contribution is -2.45. The van der Waals surface area contributed by atoms with E-state index in [1.165, 1.54) is 11.3 Å². The Balaban J connectivity index is 1.83. The molecule has 0 spiro atoms. The zero-order valence-electron chi connectivity index (χ0n) is 9.50. The minimum atomic E-state index is -0.738. The summed E-state index contributed by atoms with van der Waals surface area (Å²) < 4.78 is 7.07. The van der Waals surface area contributed by atoms with E-state index in [0.29, 0.717) is 26.1 Å². The lowest BCUT2D eigenvalue weighted by Gasteiger charge is -2.26. The molecule has 2 rings (SSSR count). The van der Waals surface area contributed by atoms with Gasteiger partial charge in [-0.15, -0.1) is 11.3 Å². The Kier molecular flexibility index (Phi) is 4.50. The number of hydrogen-bond donors (Lipinski definition) is 2. The monoisotopic (exact) mass is 339 g/mol. The molecule has 1 fully saturated rings. The first-order chi connectivity index (χ1) is 8.01. The molecule has 0 radical (unpaired) electrons. The van der Waals surface area contributed by atoms with Gasteiger partial charge in [0.05, 0.1) is 6.10 Å². The molecule has 0 saturated carbocycles. The highest BCUT2D eigenvalue weighted by molar-refractivity contribution is 9.10. The topological polar surface area (TPSA) is 41.5 Å². The number of nitrogens with one attached hydrogen (secondary N) is 1. The summed E-state index contributed by atoms with van der Waals surface area (Å²) in [5.74, 6) is 0. The van der Waals surface area contributed by atoms with Gasteiger partial charge in [-0.3, -0.25) is 0 Å². The Bertz CT molecular complexity index is 381. The summed E-state index contributed by atoms with van der Waals surface area (Å²) >= 11 is 10.9. The quantitative estimate of drug-likeness (QED) is 0.885. The van der Waals surface area contributed by atoms with E-state index in [2.05, 4.69) is 21.2 Å². The summed E-state index contributed by atoms with van der Waals surface area (Å²) in [6, 6.07) is 2.00. The Morgan fingerprint density at radius 1 is 1.76 bits per heavy atom. The van der Waals surface area contributed by atoms with Crippen molar-refractivity contribution >= 4 is 38.9 Å². The third-order valence-corrected chi connectivity index (χ3v) is 5.56. The van der Waals surface area contributed by atoms with E-state index in [1.54, 1.807) is 0 Å². The van der Waals surface area contributed by atoms with Gasteiger partial charge in [0, 0.05) is 35.5 Å². The Morgan fingerprint density at radius 3 is 3.06 bits per heavy atom. The van der Waals surface area contributed by atoms with E-state index in [-0.39, 0.29) is 6.10 Å². The lowest BCUT2D eigenvalue weighted by atomic mass is 9.97. The maximum atomic E-state index is 10.3. The minimum absolute atomic E-state index is 0.103. The van der Waals surface area contributed by atoms with Crippen LogP contribution in [0.2, 0.25) is 4.34 Å². The van der Waals surface area contributed by atoms with Gasteiger partial charge in [-0.25, -0.2) is 0 Å². The van der Waals surface area contributed by atoms with Gasteiger partial charge in [0.2, 0.25) is 0 Å². The van der Waals surface area contributed by atoms with Crippen LogP contribution < -0.4 is 5.32 Å². The molecular formula is C11H15BrClNO2S. The predicted molar refractivity (Wildman–Crippen MR) is 73.7 cm³/mol. The smallest absolute Gasteiger partial charge is 0.107 e. The average Bonchev–Trinajstić information content (AvgIpc) is 2.74. The predicted octanol–water partition coefficient (Wildman–Crippen LogP) is 2.79. The van der Waals surface area contributed by atoms with Crippen LogP contribution in [0.25, 0.3) is 0 Å². The molecule has 1 saturated heterocycles. The van der Waals surface area contributed by atoms with Gasteiger partial charge >= 0.3 is 0 Å². The maximum absolute atomic E-state index is 10.3. The number of rotatable bonds is 4. The molecule has 2 N–H and O–H groups in total. The second-order valence-electron chi connectivity index (χ2n) is 4.30. The van der Waals surface area contributed by atoms with Crippen molar-refractivity contribution in [1.29, 1.82) is 0 Å². The van der Waals surface area contributed by atoms with E-state index >= 15 is 0 Å². The van der Waals surface area contributed by atoms with E-state index in [4.69, 9.17) is 16.3 Å². The number of aliphatic hydroxyl groups is 1. The first-order valence-electron chi connectivity index (χ1n) is 5.50. The second kappa shape index (κ2) is 5.55. The van der Waals surface area contributed by atoms with Crippen LogP contribution in [0.15, 0.2) is 10.5 Å². The molecule has 2 atom stereocenters. The molecule has 1 aromatic heterocycles. The summed E-state index contributed by atoms with van der Waals surface area (Å²) in [5, 5.41) is 13.5. The molecule has 1 aliphatic heterocycles. The van der Waals surface area contributed by atoms with Crippen LogP contribution >= 0.6 is 38.9 Å². The van der Waals surface area contributed by atoms with E-state index in [1.807, 2.05) is 13.0 Å². The van der Waals surface area contributed by atoms with Crippen molar-refractivity contribution in [3.63, 3.8) is 0 Å². The summed E-state index contributed by atoms with van der Waals surface area (Å²) in [5.41, 5.74) is -0.738. The van der Waals surface area contributed by atoms with Crippen LogP contribution in [0.5, 0.6) is 0 Å². The molecule has 2 heterocycles. The van der Waals surface area contributed by atoms with Gasteiger partial charge in [0.25, 0.3) is 0 Å². The largest absolute Gasteiger partial charge is 0.386 e. The molecule has 1 aromatic rings. The van der Waals surface area contributed by atoms with Crippen LogP contribution in [0.3, 0.4) is 0 Å². The van der Waals surface area contributed by atoms with Crippen molar-refractivity contribution in [3.8, 4) is 0 Å². The van der Waals surface area contributed by atoms with Crippen LogP contribution in [-0.4, -0.2) is 30.0 Å². The van der Waals surface area contributed by atoms with Gasteiger partial charge in [-0.05, 0) is 28.9 Å². The zero-order valence-corrected chi connectivity index (χ0v) is 12.7. The molecule has 6 heteroatoms. The number of halogens is 2. The fourth-order valence-corrected chi connectivity index (χ4v) is 3.64. The number of hydrogen-bond acceptors (Lipinski definition) is 4. The van der Waals surface area contributed by atoms with Gasteiger partial charge in [0.1, 0.15) is 9.94 Å². The van der Waals surface area contributed by atoms with E-state index < -0.39 is 5.60 Å². The first kappa shape index (κ1) is 13.8. The number of thiophene rings is 1. The third kappa shape index (κ3) is 3.22.